The van der Waals surface area contributed by atoms with Gasteiger partial charge in [0.1, 0.15) is 11.7 Å². The van der Waals surface area contributed by atoms with E-state index in [2.05, 4.69) is 18.7 Å². The Morgan fingerprint density at radius 1 is 1.33 bits per heavy atom. The van der Waals surface area contributed by atoms with Crippen molar-refractivity contribution < 1.29 is 14.9 Å². The summed E-state index contributed by atoms with van der Waals surface area (Å²) in [6.45, 7) is 6.57. The largest absolute Gasteiger partial charge is 0.367 e. The van der Waals surface area contributed by atoms with Crippen LogP contribution in [0.2, 0.25) is 0 Å². The van der Waals surface area contributed by atoms with Crippen molar-refractivity contribution in [2.75, 3.05) is 6.61 Å². The Bertz CT molecular complexity index is 498. The van der Waals surface area contributed by atoms with Crippen molar-refractivity contribution in [3.63, 3.8) is 0 Å². The first-order valence-corrected chi connectivity index (χ1v) is 7.82. The molecule has 0 saturated heterocycles. The number of hydrogen-bond donors (Lipinski definition) is 1. The van der Waals surface area contributed by atoms with Crippen molar-refractivity contribution in [1.29, 1.82) is 0 Å². The highest BCUT2D eigenvalue weighted by atomic mass is 17.1. The zero-order valence-corrected chi connectivity index (χ0v) is 12.6. The molecular formula is C18H24O3. The molecule has 3 rings (SSSR count). The van der Waals surface area contributed by atoms with Crippen LogP contribution >= 0.6 is 0 Å². The lowest BCUT2D eigenvalue weighted by atomic mass is 9.76. The van der Waals surface area contributed by atoms with Crippen LogP contribution in [0, 0.1) is 11.8 Å². The van der Waals surface area contributed by atoms with E-state index in [1.54, 1.807) is 0 Å². The molecule has 2 aliphatic rings. The molecule has 0 unspecified atom stereocenters. The summed E-state index contributed by atoms with van der Waals surface area (Å²) in [6, 6.07) is 10.2. The molecule has 2 fully saturated rings. The van der Waals surface area contributed by atoms with Gasteiger partial charge in [-0.1, -0.05) is 35.9 Å². The Morgan fingerprint density at radius 3 is 2.76 bits per heavy atom. The lowest BCUT2D eigenvalue weighted by Gasteiger charge is -2.42. The lowest BCUT2D eigenvalue weighted by Crippen LogP contribution is -2.48. The second-order valence-corrected chi connectivity index (χ2v) is 6.51. The van der Waals surface area contributed by atoms with Gasteiger partial charge in [0.2, 0.25) is 0 Å². The molecule has 4 atom stereocenters. The van der Waals surface area contributed by atoms with Crippen molar-refractivity contribution >= 4 is 0 Å². The molecule has 0 amide bonds. The van der Waals surface area contributed by atoms with Gasteiger partial charge in [0.15, 0.2) is 0 Å². The van der Waals surface area contributed by atoms with E-state index in [-0.39, 0.29) is 6.10 Å². The van der Waals surface area contributed by atoms with Gasteiger partial charge >= 0.3 is 0 Å². The molecule has 114 valence electrons. The normalized spacial score (nSPS) is 34.3. The third-order valence-electron chi connectivity index (χ3n) is 5.14. The van der Waals surface area contributed by atoms with Gasteiger partial charge in [-0.3, -0.25) is 5.26 Å². The van der Waals surface area contributed by atoms with Gasteiger partial charge in [-0.05, 0) is 50.0 Å². The maximum absolute atomic E-state index is 9.50. The van der Waals surface area contributed by atoms with Crippen LogP contribution in [0.25, 0.3) is 0 Å². The summed E-state index contributed by atoms with van der Waals surface area (Å²) in [5.41, 5.74) is 1.73. The van der Waals surface area contributed by atoms with Crippen molar-refractivity contribution in [2.24, 2.45) is 11.8 Å². The summed E-state index contributed by atoms with van der Waals surface area (Å²) < 4.78 is 6.38. The first-order valence-electron chi connectivity index (χ1n) is 7.82. The topological polar surface area (TPSA) is 38.7 Å². The molecule has 1 N–H and O–H groups in total. The minimum Gasteiger partial charge on any atom is -0.367 e. The molecule has 0 aromatic heterocycles. The zero-order chi connectivity index (χ0) is 14.9. The maximum atomic E-state index is 9.50. The molecule has 2 aliphatic carbocycles. The Kier molecular flexibility index (Phi) is 4.16. The van der Waals surface area contributed by atoms with Gasteiger partial charge < -0.3 is 4.74 Å². The van der Waals surface area contributed by atoms with Crippen LogP contribution in [0.15, 0.2) is 42.5 Å². The Labute approximate surface area is 126 Å². The maximum Gasteiger partial charge on any atom is 0.129 e. The molecule has 0 aliphatic heterocycles. The molecule has 0 heterocycles. The zero-order valence-electron chi connectivity index (χ0n) is 12.6. The van der Waals surface area contributed by atoms with Gasteiger partial charge in [-0.25, -0.2) is 4.89 Å². The quantitative estimate of drug-likeness (QED) is 0.485. The van der Waals surface area contributed by atoms with Crippen LogP contribution in [-0.4, -0.2) is 18.0 Å². The van der Waals surface area contributed by atoms with E-state index >= 15 is 0 Å². The Balaban J connectivity index is 1.93. The number of rotatable bonds is 6. The molecule has 3 nitrogen and oxygen atoms in total. The van der Waals surface area contributed by atoms with Crippen LogP contribution in [0.3, 0.4) is 0 Å². The number of hydrogen-bond acceptors (Lipinski definition) is 3. The summed E-state index contributed by atoms with van der Waals surface area (Å²) in [5, 5.41) is 9.50. The molecule has 21 heavy (non-hydrogen) atoms. The highest BCUT2D eigenvalue weighted by Crippen LogP contribution is 2.58. The first-order chi connectivity index (χ1) is 10.2. The van der Waals surface area contributed by atoms with Crippen molar-refractivity contribution in [3.8, 4) is 0 Å². The fourth-order valence-corrected chi connectivity index (χ4v) is 4.20. The molecule has 0 radical (unpaired) electrons. The predicted octanol–water partition coefficient (Wildman–Crippen LogP) is 4.15. The monoisotopic (exact) mass is 288 g/mol. The van der Waals surface area contributed by atoms with E-state index in [9.17, 15) is 5.26 Å². The van der Waals surface area contributed by atoms with Crippen LogP contribution in [-0.2, 0) is 15.2 Å². The minimum atomic E-state index is -0.506. The molecule has 1 aromatic carbocycles. The second-order valence-electron chi connectivity index (χ2n) is 6.51. The summed E-state index contributed by atoms with van der Waals surface area (Å²) >= 11 is 0. The minimum absolute atomic E-state index is 0.260. The van der Waals surface area contributed by atoms with E-state index < -0.39 is 5.60 Å². The SMILES string of the molecule is C=C(C)CCO[C@@]1(c2ccccc2)[C@@H]2CC[C@@H](C2)[C@H]1OO. The third kappa shape index (κ3) is 2.44. The summed E-state index contributed by atoms with van der Waals surface area (Å²) in [7, 11) is 0. The summed E-state index contributed by atoms with van der Waals surface area (Å²) in [5.74, 6) is 0.817. The van der Waals surface area contributed by atoms with Gasteiger partial charge in [0.05, 0.1) is 6.61 Å². The third-order valence-corrected chi connectivity index (χ3v) is 5.14. The van der Waals surface area contributed by atoms with E-state index in [0.717, 1.165) is 36.8 Å². The van der Waals surface area contributed by atoms with Crippen LogP contribution in [0.1, 0.15) is 38.2 Å². The van der Waals surface area contributed by atoms with Gasteiger partial charge in [-0.2, -0.15) is 0 Å². The fourth-order valence-electron chi connectivity index (χ4n) is 4.20. The van der Waals surface area contributed by atoms with Crippen molar-refractivity contribution in [2.45, 2.75) is 44.3 Å². The van der Waals surface area contributed by atoms with Crippen LogP contribution in [0.4, 0.5) is 0 Å². The predicted molar refractivity (Wildman–Crippen MR) is 81.8 cm³/mol. The van der Waals surface area contributed by atoms with E-state index in [1.165, 1.54) is 0 Å². The second kappa shape index (κ2) is 5.91. The highest BCUT2D eigenvalue weighted by molar-refractivity contribution is 5.29. The summed E-state index contributed by atoms with van der Waals surface area (Å²) in [6.07, 6.45) is 3.92. The molecule has 0 spiro atoms. The Hall–Kier alpha value is -1.16. The van der Waals surface area contributed by atoms with Crippen LogP contribution in [0.5, 0.6) is 0 Å². The summed E-state index contributed by atoms with van der Waals surface area (Å²) in [4.78, 5) is 4.93. The number of fused-ring (bicyclic) bond motifs is 2. The van der Waals surface area contributed by atoms with Crippen molar-refractivity contribution in [3.05, 3.63) is 48.0 Å². The molecule has 1 aromatic rings. The molecule has 2 saturated carbocycles. The molecule has 2 bridgehead atoms. The number of ether oxygens (including phenoxy) is 1. The average Bonchev–Trinajstić information content (AvgIpc) is 3.07. The van der Waals surface area contributed by atoms with Crippen LogP contribution < -0.4 is 0 Å². The van der Waals surface area contributed by atoms with E-state index in [4.69, 9.17) is 9.62 Å². The molecular weight excluding hydrogens is 264 g/mol. The smallest absolute Gasteiger partial charge is 0.129 e. The van der Waals surface area contributed by atoms with Gasteiger partial charge in [0, 0.05) is 0 Å². The molecule has 3 heteroatoms. The average molecular weight is 288 g/mol. The Morgan fingerprint density at radius 2 is 2.10 bits per heavy atom. The first kappa shape index (κ1) is 14.8. The van der Waals surface area contributed by atoms with E-state index in [0.29, 0.717) is 18.4 Å². The van der Waals surface area contributed by atoms with E-state index in [1.807, 2.05) is 25.1 Å². The number of benzene rings is 1. The standard InChI is InChI=1S/C18H24O3/c1-13(2)10-11-20-18(15-6-4-3-5-7-15)16-9-8-14(12-16)17(18)21-19/h3-7,14,16-17,19H,1,8-12H2,2H3/t14-,16+,17+,18-/m0/s1. The van der Waals surface area contributed by atoms with Crippen molar-refractivity contribution in [1.82, 2.24) is 0 Å². The highest BCUT2D eigenvalue weighted by Gasteiger charge is 2.61. The fraction of sp³-hybridized carbons (Fsp3) is 0.556. The lowest BCUT2D eigenvalue weighted by molar-refractivity contribution is -0.334. The van der Waals surface area contributed by atoms with Gasteiger partial charge in [-0.15, -0.1) is 6.58 Å². The van der Waals surface area contributed by atoms with Gasteiger partial charge in [0.25, 0.3) is 0 Å².